The van der Waals surface area contributed by atoms with E-state index in [0.717, 1.165) is 37.7 Å². The molecule has 4 aromatic rings. The number of halogens is 1. The standard InChI is InChI=1S/C24H24ClN5O3S2/c25-21-4-3-18(35-21)15-26-22-14-20(27-30(22)23(31)17-5-13-34-16-17)19-2-1-6-29(24(19)32)8-7-28-9-11-33-12-10-28/h1-6,13-14,16,26H,7-12,15H2. The van der Waals surface area contributed by atoms with Crippen LogP contribution in [-0.4, -0.2) is 58.0 Å². The highest BCUT2D eigenvalue weighted by molar-refractivity contribution is 7.16. The van der Waals surface area contributed by atoms with Gasteiger partial charge in [-0.2, -0.15) is 21.1 Å². The van der Waals surface area contributed by atoms with Gasteiger partial charge in [0.1, 0.15) is 11.5 Å². The number of thiophene rings is 2. The van der Waals surface area contributed by atoms with Crippen LogP contribution >= 0.6 is 34.3 Å². The molecule has 0 unspecified atom stereocenters. The van der Waals surface area contributed by atoms with Crippen LogP contribution in [0.1, 0.15) is 15.2 Å². The summed E-state index contributed by atoms with van der Waals surface area (Å²) in [4.78, 5) is 29.8. The lowest BCUT2D eigenvalue weighted by atomic mass is 10.2. The minimum atomic E-state index is -0.257. The summed E-state index contributed by atoms with van der Waals surface area (Å²) in [6.45, 7) is 5.01. The van der Waals surface area contributed by atoms with Gasteiger partial charge in [-0.15, -0.1) is 11.3 Å². The van der Waals surface area contributed by atoms with Crippen molar-refractivity contribution in [3.8, 4) is 11.3 Å². The molecule has 35 heavy (non-hydrogen) atoms. The third-order valence-corrected chi connectivity index (χ3v) is 7.71. The highest BCUT2D eigenvalue weighted by Crippen LogP contribution is 2.25. The lowest BCUT2D eigenvalue weighted by Gasteiger charge is -2.26. The van der Waals surface area contributed by atoms with Gasteiger partial charge < -0.3 is 14.6 Å². The smallest absolute Gasteiger partial charge is 0.280 e. The number of carbonyl (C=O) groups excluding carboxylic acids is 1. The zero-order valence-corrected chi connectivity index (χ0v) is 21.2. The Bertz CT molecular complexity index is 1360. The predicted octanol–water partition coefficient (Wildman–Crippen LogP) is 4.12. The number of nitrogens with one attached hydrogen (secondary N) is 1. The van der Waals surface area contributed by atoms with E-state index in [2.05, 4.69) is 15.3 Å². The van der Waals surface area contributed by atoms with E-state index in [9.17, 15) is 9.59 Å². The molecule has 8 nitrogen and oxygen atoms in total. The Labute approximate surface area is 215 Å². The van der Waals surface area contributed by atoms with Crippen LogP contribution in [0.5, 0.6) is 0 Å². The number of ether oxygens (including phenoxy) is 1. The molecule has 0 aromatic carbocycles. The van der Waals surface area contributed by atoms with Gasteiger partial charge in [0.2, 0.25) is 0 Å². The molecule has 0 atom stereocenters. The quantitative estimate of drug-likeness (QED) is 0.370. The van der Waals surface area contributed by atoms with Gasteiger partial charge in [-0.1, -0.05) is 11.6 Å². The zero-order valence-electron chi connectivity index (χ0n) is 18.9. The first-order chi connectivity index (χ1) is 17.1. The first-order valence-corrected chi connectivity index (χ1v) is 13.4. The average Bonchev–Trinajstić information content (AvgIpc) is 3.64. The fraction of sp³-hybridized carbons (Fsp3) is 0.292. The van der Waals surface area contributed by atoms with Gasteiger partial charge in [0, 0.05) is 48.7 Å². The molecule has 1 aliphatic heterocycles. The number of rotatable bonds is 8. The molecule has 0 spiro atoms. The maximum absolute atomic E-state index is 13.3. The number of morpholine rings is 1. The number of carbonyl (C=O) groups is 1. The number of hydrogen-bond acceptors (Lipinski definition) is 8. The van der Waals surface area contributed by atoms with Gasteiger partial charge in [0.15, 0.2) is 0 Å². The molecule has 1 saturated heterocycles. The zero-order chi connectivity index (χ0) is 24.2. The van der Waals surface area contributed by atoms with Gasteiger partial charge in [-0.25, -0.2) is 0 Å². The summed E-state index contributed by atoms with van der Waals surface area (Å²) in [5, 5.41) is 11.5. The number of anilines is 1. The van der Waals surface area contributed by atoms with E-state index in [4.69, 9.17) is 16.3 Å². The molecular weight excluding hydrogens is 506 g/mol. The van der Waals surface area contributed by atoms with Crippen molar-refractivity contribution in [3.63, 3.8) is 0 Å². The number of nitrogens with zero attached hydrogens (tertiary/aromatic N) is 4. The van der Waals surface area contributed by atoms with E-state index in [1.807, 2.05) is 23.6 Å². The Morgan fingerprint density at radius 2 is 2.03 bits per heavy atom. The van der Waals surface area contributed by atoms with Gasteiger partial charge in [-0.05, 0) is 35.7 Å². The van der Waals surface area contributed by atoms with E-state index in [0.29, 0.717) is 40.1 Å². The first kappa shape index (κ1) is 24.0. The molecule has 0 radical (unpaired) electrons. The normalized spacial score (nSPS) is 14.3. The third-order valence-electron chi connectivity index (χ3n) is 5.80. The van der Waals surface area contributed by atoms with Crippen LogP contribution in [0.4, 0.5) is 5.82 Å². The third kappa shape index (κ3) is 5.57. The fourth-order valence-electron chi connectivity index (χ4n) is 3.91. The van der Waals surface area contributed by atoms with Crippen LogP contribution in [0, 0.1) is 0 Å². The minimum Gasteiger partial charge on any atom is -0.379 e. The topological polar surface area (TPSA) is 81.4 Å². The number of hydrogen-bond donors (Lipinski definition) is 1. The summed E-state index contributed by atoms with van der Waals surface area (Å²) in [6.07, 6.45) is 1.79. The van der Waals surface area contributed by atoms with Crippen LogP contribution < -0.4 is 10.9 Å². The molecule has 0 aliphatic carbocycles. The summed E-state index contributed by atoms with van der Waals surface area (Å²) in [7, 11) is 0. The lowest BCUT2D eigenvalue weighted by molar-refractivity contribution is 0.0363. The molecule has 5 rings (SSSR count). The summed E-state index contributed by atoms with van der Waals surface area (Å²) in [6, 6.07) is 10.9. The summed E-state index contributed by atoms with van der Waals surface area (Å²) < 4.78 is 9.13. The maximum Gasteiger partial charge on any atom is 0.280 e. The van der Waals surface area contributed by atoms with Crippen molar-refractivity contribution < 1.29 is 9.53 Å². The highest BCUT2D eigenvalue weighted by Gasteiger charge is 2.20. The minimum absolute atomic E-state index is 0.134. The van der Waals surface area contributed by atoms with E-state index in [1.165, 1.54) is 27.4 Å². The van der Waals surface area contributed by atoms with E-state index in [-0.39, 0.29) is 11.5 Å². The van der Waals surface area contributed by atoms with Crippen LogP contribution in [0.15, 0.2) is 58.1 Å². The van der Waals surface area contributed by atoms with Gasteiger partial charge in [-0.3, -0.25) is 14.5 Å². The molecule has 182 valence electrons. The van der Waals surface area contributed by atoms with Gasteiger partial charge in [0.05, 0.1) is 35.2 Å². The Kier molecular flexibility index (Phi) is 7.45. The monoisotopic (exact) mass is 529 g/mol. The maximum atomic E-state index is 13.3. The van der Waals surface area contributed by atoms with Crippen LogP contribution in [0.25, 0.3) is 11.3 Å². The van der Waals surface area contributed by atoms with Crippen molar-refractivity contribution >= 4 is 46.0 Å². The molecule has 5 heterocycles. The van der Waals surface area contributed by atoms with E-state index in [1.54, 1.807) is 34.3 Å². The fourth-order valence-corrected chi connectivity index (χ4v) is 5.57. The van der Waals surface area contributed by atoms with Crippen LogP contribution in [0.2, 0.25) is 4.34 Å². The summed E-state index contributed by atoms with van der Waals surface area (Å²) in [5.74, 6) is 0.261. The highest BCUT2D eigenvalue weighted by atomic mass is 35.5. The first-order valence-electron chi connectivity index (χ1n) is 11.2. The Hall–Kier alpha value is -2.76. The number of pyridine rings is 1. The predicted molar refractivity (Wildman–Crippen MR) is 140 cm³/mol. The molecule has 1 fully saturated rings. The van der Waals surface area contributed by atoms with Crippen molar-refractivity contribution in [1.82, 2.24) is 19.2 Å². The molecule has 0 amide bonds. The Morgan fingerprint density at radius 1 is 1.17 bits per heavy atom. The second-order valence-electron chi connectivity index (χ2n) is 8.08. The largest absolute Gasteiger partial charge is 0.379 e. The van der Waals surface area contributed by atoms with E-state index < -0.39 is 0 Å². The second kappa shape index (κ2) is 10.9. The lowest BCUT2D eigenvalue weighted by Crippen LogP contribution is -2.39. The number of aromatic nitrogens is 3. The van der Waals surface area contributed by atoms with Crippen molar-refractivity contribution in [1.29, 1.82) is 0 Å². The summed E-state index contributed by atoms with van der Waals surface area (Å²) >= 11 is 8.97. The van der Waals surface area contributed by atoms with Crippen LogP contribution in [-0.2, 0) is 17.8 Å². The molecule has 4 aromatic heterocycles. The van der Waals surface area contributed by atoms with Crippen molar-refractivity contribution in [2.24, 2.45) is 0 Å². The summed E-state index contributed by atoms with van der Waals surface area (Å²) in [5.41, 5.74) is 1.31. The molecule has 1 aliphatic rings. The second-order valence-corrected chi connectivity index (χ2v) is 10.7. The van der Waals surface area contributed by atoms with Gasteiger partial charge >= 0.3 is 0 Å². The van der Waals surface area contributed by atoms with Crippen molar-refractivity contribution in [3.05, 3.63) is 78.5 Å². The SMILES string of the molecule is O=C(c1ccsc1)n1nc(-c2cccn(CCN3CCOCC3)c2=O)cc1NCc1ccc(Cl)s1. The average molecular weight is 530 g/mol. The van der Waals surface area contributed by atoms with E-state index >= 15 is 0 Å². The van der Waals surface area contributed by atoms with Gasteiger partial charge in [0.25, 0.3) is 11.5 Å². The van der Waals surface area contributed by atoms with Crippen molar-refractivity contribution in [2.45, 2.75) is 13.1 Å². The molecule has 11 heteroatoms. The molecule has 0 bridgehead atoms. The molecular formula is C24H24ClN5O3S2. The Morgan fingerprint density at radius 3 is 2.77 bits per heavy atom. The molecule has 1 N–H and O–H groups in total. The molecule has 0 saturated carbocycles. The van der Waals surface area contributed by atoms with Crippen molar-refractivity contribution in [2.75, 3.05) is 38.2 Å². The Balaban J connectivity index is 1.42. The van der Waals surface area contributed by atoms with Crippen LogP contribution in [0.3, 0.4) is 0 Å².